The maximum absolute atomic E-state index is 12.0. The van der Waals surface area contributed by atoms with Crippen LogP contribution in [0.2, 0.25) is 0 Å². The van der Waals surface area contributed by atoms with Crippen molar-refractivity contribution in [2.45, 2.75) is 25.8 Å². The van der Waals surface area contributed by atoms with Crippen LogP contribution in [-0.2, 0) is 7.05 Å². The van der Waals surface area contributed by atoms with Crippen LogP contribution in [0.15, 0.2) is 29.1 Å². The highest BCUT2D eigenvalue weighted by atomic mass is 16.1. The normalized spacial score (nSPS) is 21.6. The van der Waals surface area contributed by atoms with Crippen molar-refractivity contribution in [3.8, 4) is 0 Å². The standard InChI is InChI=1S/C15H19N3O/c1-3-9-6-12(9)17-13-8-15(19)18(2)14-5-4-10(16)7-11(13)14/h4-5,7-9,12,17H,3,6,16H2,1-2H3/t9?,12-/m1/s1. The van der Waals surface area contributed by atoms with Crippen LogP contribution < -0.4 is 16.6 Å². The summed E-state index contributed by atoms with van der Waals surface area (Å²) in [4.78, 5) is 12.0. The molecule has 4 nitrogen and oxygen atoms in total. The Hall–Kier alpha value is -1.97. The number of hydrogen-bond donors (Lipinski definition) is 2. The van der Waals surface area contributed by atoms with Gasteiger partial charge in [0.2, 0.25) is 0 Å². The van der Waals surface area contributed by atoms with Gasteiger partial charge in [0.1, 0.15) is 0 Å². The van der Waals surface area contributed by atoms with Crippen molar-refractivity contribution >= 4 is 22.3 Å². The van der Waals surface area contributed by atoms with Crippen LogP contribution in [0.4, 0.5) is 11.4 Å². The van der Waals surface area contributed by atoms with Crippen molar-refractivity contribution in [1.29, 1.82) is 0 Å². The third-order valence-corrected chi connectivity index (χ3v) is 4.06. The zero-order chi connectivity index (χ0) is 13.6. The third kappa shape index (κ3) is 2.07. The van der Waals surface area contributed by atoms with Crippen molar-refractivity contribution < 1.29 is 0 Å². The summed E-state index contributed by atoms with van der Waals surface area (Å²) in [6, 6.07) is 7.84. The largest absolute Gasteiger partial charge is 0.399 e. The Morgan fingerprint density at radius 2 is 2.21 bits per heavy atom. The molecule has 1 aromatic heterocycles. The van der Waals surface area contributed by atoms with Gasteiger partial charge in [0.15, 0.2) is 0 Å². The maximum Gasteiger partial charge on any atom is 0.252 e. The number of fused-ring (bicyclic) bond motifs is 1. The van der Waals surface area contributed by atoms with Crippen molar-refractivity contribution in [1.82, 2.24) is 4.57 Å². The summed E-state index contributed by atoms with van der Waals surface area (Å²) in [6.45, 7) is 2.20. The second-order valence-corrected chi connectivity index (χ2v) is 5.39. The number of aromatic nitrogens is 1. The van der Waals surface area contributed by atoms with Gasteiger partial charge in [-0.2, -0.15) is 0 Å². The van der Waals surface area contributed by atoms with E-state index >= 15 is 0 Å². The molecule has 4 heteroatoms. The lowest BCUT2D eigenvalue weighted by Gasteiger charge is -2.12. The van der Waals surface area contributed by atoms with E-state index in [2.05, 4.69) is 12.2 Å². The molecule has 0 radical (unpaired) electrons. The van der Waals surface area contributed by atoms with E-state index in [1.807, 2.05) is 18.2 Å². The SMILES string of the molecule is CCC1C[C@H]1Nc1cc(=O)n(C)c2ccc(N)cc12. The molecule has 1 aromatic carbocycles. The predicted molar refractivity (Wildman–Crippen MR) is 79.4 cm³/mol. The molecule has 1 heterocycles. The van der Waals surface area contributed by atoms with Gasteiger partial charge in [0.25, 0.3) is 5.56 Å². The molecule has 3 rings (SSSR count). The Balaban J connectivity index is 2.10. The first-order chi connectivity index (χ1) is 9.10. The number of hydrogen-bond acceptors (Lipinski definition) is 3. The summed E-state index contributed by atoms with van der Waals surface area (Å²) in [5, 5.41) is 4.50. The van der Waals surface area contributed by atoms with Crippen molar-refractivity contribution in [2.24, 2.45) is 13.0 Å². The highest BCUT2D eigenvalue weighted by Crippen LogP contribution is 2.37. The van der Waals surface area contributed by atoms with Gasteiger partial charge in [-0.05, 0) is 30.5 Å². The topological polar surface area (TPSA) is 60.0 Å². The number of rotatable bonds is 3. The van der Waals surface area contributed by atoms with Crippen LogP contribution in [0.3, 0.4) is 0 Å². The molecule has 19 heavy (non-hydrogen) atoms. The van der Waals surface area contributed by atoms with E-state index in [0.29, 0.717) is 6.04 Å². The van der Waals surface area contributed by atoms with E-state index < -0.39 is 0 Å². The van der Waals surface area contributed by atoms with Gasteiger partial charge in [0.05, 0.1) is 5.52 Å². The average Bonchev–Trinajstić information content (AvgIpc) is 3.14. The van der Waals surface area contributed by atoms with E-state index in [4.69, 9.17) is 5.73 Å². The van der Waals surface area contributed by atoms with Crippen molar-refractivity contribution in [2.75, 3.05) is 11.1 Å². The monoisotopic (exact) mass is 257 g/mol. The lowest BCUT2D eigenvalue weighted by atomic mass is 10.1. The Kier molecular flexibility index (Phi) is 2.73. The van der Waals surface area contributed by atoms with E-state index in [9.17, 15) is 4.79 Å². The first-order valence-corrected chi connectivity index (χ1v) is 6.76. The molecule has 2 aromatic rings. The number of anilines is 2. The summed E-state index contributed by atoms with van der Waals surface area (Å²) in [7, 11) is 1.79. The number of nitrogens with one attached hydrogen (secondary N) is 1. The quantitative estimate of drug-likeness (QED) is 0.830. The van der Waals surface area contributed by atoms with Gasteiger partial charge < -0.3 is 15.6 Å². The fourth-order valence-corrected chi connectivity index (χ4v) is 2.67. The number of nitrogen functional groups attached to an aromatic ring is 1. The number of benzene rings is 1. The molecule has 1 aliphatic carbocycles. The molecule has 0 saturated heterocycles. The fraction of sp³-hybridized carbons (Fsp3) is 0.400. The molecule has 0 amide bonds. The molecule has 0 aliphatic heterocycles. The zero-order valence-electron chi connectivity index (χ0n) is 11.3. The number of nitrogens with zero attached hydrogens (tertiary/aromatic N) is 1. The van der Waals surface area contributed by atoms with Crippen molar-refractivity contribution in [3.05, 3.63) is 34.6 Å². The maximum atomic E-state index is 12.0. The molecule has 1 saturated carbocycles. The molecule has 3 N–H and O–H groups in total. The zero-order valence-corrected chi connectivity index (χ0v) is 11.3. The summed E-state index contributed by atoms with van der Waals surface area (Å²) in [6.07, 6.45) is 2.37. The second-order valence-electron chi connectivity index (χ2n) is 5.39. The van der Waals surface area contributed by atoms with Crippen LogP contribution in [0, 0.1) is 5.92 Å². The van der Waals surface area contributed by atoms with Crippen LogP contribution in [0.1, 0.15) is 19.8 Å². The molecule has 1 unspecified atom stereocenters. The molecule has 2 atom stereocenters. The van der Waals surface area contributed by atoms with Gasteiger partial charge in [-0.25, -0.2) is 0 Å². The predicted octanol–water partition coefficient (Wildman–Crippen LogP) is 2.33. The Morgan fingerprint density at radius 3 is 2.89 bits per heavy atom. The van der Waals surface area contributed by atoms with Crippen molar-refractivity contribution in [3.63, 3.8) is 0 Å². The van der Waals surface area contributed by atoms with Gasteiger partial charge in [-0.1, -0.05) is 13.3 Å². The number of nitrogens with two attached hydrogens (primary N) is 1. The minimum absolute atomic E-state index is 0.00784. The highest BCUT2D eigenvalue weighted by Gasteiger charge is 2.35. The first-order valence-electron chi connectivity index (χ1n) is 6.76. The molecular weight excluding hydrogens is 238 g/mol. The van der Waals surface area contributed by atoms with Crippen LogP contribution >= 0.6 is 0 Å². The first kappa shape index (κ1) is 12.1. The molecule has 0 bridgehead atoms. The van der Waals surface area contributed by atoms with Crippen LogP contribution in [0.25, 0.3) is 10.9 Å². The lowest BCUT2D eigenvalue weighted by molar-refractivity contribution is 0.775. The molecule has 100 valence electrons. The van der Waals surface area contributed by atoms with Crippen LogP contribution in [0.5, 0.6) is 0 Å². The average molecular weight is 257 g/mol. The number of aryl methyl sites for hydroxylation is 1. The fourth-order valence-electron chi connectivity index (χ4n) is 2.67. The van der Waals surface area contributed by atoms with Gasteiger partial charge in [-0.15, -0.1) is 0 Å². The molecule has 0 spiro atoms. The summed E-state index contributed by atoms with van der Waals surface area (Å²) < 4.78 is 1.66. The number of pyridine rings is 1. The summed E-state index contributed by atoms with van der Waals surface area (Å²) >= 11 is 0. The van der Waals surface area contributed by atoms with E-state index in [1.165, 1.54) is 12.8 Å². The Labute approximate surface area is 112 Å². The molecule has 1 fully saturated rings. The van der Waals surface area contributed by atoms with Gasteiger partial charge >= 0.3 is 0 Å². The van der Waals surface area contributed by atoms with E-state index in [-0.39, 0.29) is 5.56 Å². The Bertz CT molecular complexity index is 690. The minimum atomic E-state index is 0.00784. The van der Waals surface area contributed by atoms with E-state index in [1.54, 1.807) is 17.7 Å². The van der Waals surface area contributed by atoms with E-state index in [0.717, 1.165) is 28.2 Å². The third-order valence-electron chi connectivity index (χ3n) is 4.06. The molecular formula is C15H19N3O. The van der Waals surface area contributed by atoms with Gasteiger partial charge in [-0.3, -0.25) is 4.79 Å². The molecule has 1 aliphatic rings. The Morgan fingerprint density at radius 1 is 1.42 bits per heavy atom. The van der Waals surface area contributed by atoms with Crippen LogP contribution in [-0.4, -0.2) is 10.6 Å². The summed E-state index contributed by atoms with van der Waals surface area (Å²) in [5.41, 5.74) is 8.42. The summed E-state index contributed by atoms with van der Waals surface area (Å²) in [5.74, 6) is 0.736. The van der Waals surface area contributed by atoms with Gasteiger partial charge in [0, 0.05) is 35.9 Å². The smallest absolute Gasteiger partial charge is 0.252 e. The second kappa shape index (κ2) is 4.30. The lowest BCUT2D eigenvalue weighted by Crippen LogP contribution is -2.18. The highest BCUT2D eigenvalue weighted by molar-refractivity contribution is 5.93. The minimum Gasteiger partial charge on any atom is -0.399 e.